The highest BCUT2D eigenvalue weighted by Crippen LogP contribution is 2.27. The third kappa shape index (κ3) is 2.51. The Morgan fingerprint density at radius 1 is 1.28 bits per heavy atom. The van der Waals surface area contributed by atoms with Crippen molar-refractivity contribution in [3.05, 3.63) is 0 Å². The van der Waals surface area contributed by atoms with Crippen molar-refractivity contribution >= 4 is 11.9 Å². The standard InChI is InChI=1S/C13H21NO4/c1-9-10(6-8-18-9)12(15)14-7-4-3-5-11(14)13(16)17-2/h9-11H,3-8H2,1-2H3/t9?,10?,11-/m1/s1. The largest absolute Gasteiger partial charge is 0.467 e. The van der Waals surface area contributed by atoms with E-state index in [0.29, 0.717) is 19.6 Å². The lowest BCUT2D eigenvalue weighted by atomic mass is 9.96. The van der Waals surface area contributed by atoms with Gasteiger partial charge < -0.3 is 14.4 Å². The second kappa shape index (κ2) is 5.69. The Labute approximate surface area is 107 Å². The summed E-state index contributed by atoms with van der Waals surface area (Å²) in [6.45, 7) is 3.21. The fourth-order valence-corrected chi connectivity index (χ4v) is 2.85. The molecule has 0 radical (unpaired) electrons. The van der Waals surface area contributed by atoms with E-state index in [1.54, 1.807) is 4.90 Å². The van der Waals surface area contributed by atoms with Crippen molar-refractivity contribution in [2.24, 2.45) is 5.92 Å². The van der Waals surface area contributed by atoms with E-state index in [0.717, 1.165) is 19.3 Å². The van der Waals surface area contributed by atoms with E-state index in [-0.39, 0.29) is 23.9 Å². The van der Waals surface area contributed by atoms with Crippen LogP contribution in [0, 0.1) is 5.92 Å². The van der Waals surface area contributed by atoms with Crippen LogP contribution in [0.5, 0.6) is 0 Å². The van der Waals surface area contributed by atoms with Crippen LogP contribution in [0.2, 0.25) is 0 Å². The molecule has 2 aliphatic rings. The van der Waals surface area contributed by atoms with Gasteiger partial charge in [-0.2, -0.15) is 0 Å². The lowest BCUT2D eigenvalue weighted by Crippen LogP contribution is -2.51. The summed E-state index contributed by atoms with van der Waals surface area (Å²) < 4.78 is 10.2. The van der Waals surface area contributed by atoms with Gasteiger partial charge in [-0.1, -0.05) is 0 Å². The maximum Gasteiger partial charge on any atom is 0.328 e. The maximum absolute atomic E-state index is 12.5. The topological polar surface area (TPSA) is 55.8 Å². The molecule has 0 bridgehead atoms. The van der Waals surface area contributed by atoms with E-state index < -0.39 is 6.04 Å². The van der Waals surface area contributed by atoms with E-state index in [9.17, 15) is 9.59 Å². The third-order valence-electron chi connectivity index (χ3n) is 3.95. The minimum Gasteiger partial charge on any atom is -0.467 e. The molecule has 0 saturated carbocycles. The first-order chi connectivity index (χ1) is 8.65. The number of ether oxygens (including phenoxy) is 2. The SMILES string of the molecule is COC(=O)[C@H]1CCCCN1C(=O)C1CCOC1C. The minimum absolute atomic E-state index is 0.0438. The van der Waals surface area contributed by atoms with Gasteiger partial charge in [0.05, 0.1) is 19.1 Å². The number of carbonyl (C=O) groups is 2. The first-order valence-electron chi connectivity index (χ1n) is 6.65. The average molecular weight is 255 g/mol. The summed E-state index contributed by atoms with van der Waals surface area (Å²) in [6.07, 6.45) is 3.35. The molecule has 3 atom stereocenters. The predicted octanol–water partition coefficient (Wildman–Crippen LogP) is 0.965. The molecule has 0 N–H and O–H groups in total. The number of amides is 1. The van der Waals surface area contributed by atoms with Crippen molar-refractivity contribution in [1.82, 2.24) is 4.90 Å². The number of hydrogen-bond acceptors (Lipinski definition) is 4. The molecule has 0 aromatic rings. The molecule has 2 heterocycles. The van der Waals surface area contributed by atoms with Crippen molar-refractivity contribution in [2.45, 2.75) is 44.8 Å². The summed E-state index contributed by atoms with van der Waals surface area (Å²) in [6, 6.07) is -0.399. The molecule has 18 heavy (non-hydrogen) atoms. The van der Waals surface area contributed by atoms with Crippen molar-refractivity contribution < 1.29 is 19.1 Å². The summed E-state index contributed by atoms with van der Waals surface area (Å²) >= 11 is 0. The number of carbonyl (C=O) groups excluding carboxylic acids is 2. The van der Waals surface area contributed by atoms with Gasteiger partial charge in [0.1, 0.15) is 6.04 Å². The fraction of sp³-hybridized carbons (Fsp3) is 0.846. The summed E-state index contributed by atoms with van der Waals surface area (Å²) in [7, 11) is 1.38. The number of rotatable bonds is 2. The first kappa shape index (κ1) is 13.3. The van der Waals surface area contributed by atoms with Crippen LogP contribution in [0.3, 0.4) is 0 Å². The zero-order valence-corrected chi connectivity index (χ0v) is 11.1. The molecule has 2 unspecified atom stereocenters. The van der Waals surface area contributed by atoms with E-state index >= 15 is 0 Å². The van der Waals surface area contributed by atoms with Gasteiger partial charge in [0.15, 0.2) is 0 Å². The summed E-state index contributed by atoms with van der Waals surface area (Å²) in [4.78, 5) is 25.9. The molecule has 1 amide bonds. The van der Waals surface area contributed by atoms with Gasteiger partial charge in [0.25, 0.3) is 0 Å². The highest BCUT2D eigenvalue weighted by molar-refractivity contribution is 5.86. The molecule has 102 valence electrons. The van der Waals surface area contributed by atoms with Crippen LogP contribution in [0.1, 0.15) is 32.6 Å². The fourth-order valence-electron chi connectivity index (χ4n) is 2.85. The minimum atomic E-state index is -0.399. The van der Waals surface area contributed by atoms with Gasteiger partial charge in [-0.3, -0.25) is 4.79 Å². The lowest BCUT2D eigenvalue weighted by Gasteiger charge is -2.35. The van der Waals surface area contributed by atoms with Gasteiger partial charge in [-0.15, -0.1) is 0 Å². The Bertz CT molecular complexity index is 331. The van der Waals surface area contributed by atoms with Gasteiger partial charge in [-0.25, -0.2) is 4.79 Å². The zero-order chi connectivity index (χ0) is 13.1. The lowest BCUT2D eigenvalue weighted by molar-refractivity contribution is -0.157. The number of hydrogen-bond donors (Lipinski definition) is 0. The van der Waals surface area contributed by atoms with Crippen molar-refractivity contribution in [3.8, 4) is 0 Å². The smallest absolute Gasteiger partial charge is 0.328 e. The maximum atomic E-state index is 12.5. The molecule has 0 aromatic carbocycles. The summed E-state index contributed by atoms with van der Waals surface area (Å²) in [5.41, 5.74) is 0. The Hall–Kier alpha value is -1.10. The number of piperidine rings is 1. The van der Waals surface area contributed by atoms with Crippen LogP contribution in [0.15, 0.2) is 0 Å². The molecule has 2 saturated heterocycles. The molecule has 2 rings (SSSR count). The van der Waals surface area contributed by atoms with Gasteiger partial charge in [-0.05, 0) is 32.6 Å². The van der Waals surface area contributed by atoms with Crippen molar-refractivity contribution in [2.75, 3.05) is 20.3 Å². The van der Waals surface area contributed by atoms with Crippen LogP contribution < -0.4 is 0 Å². The molecular weight excluding hydrogens is 234 g/mol. The van der Waals surface area contributed by atoms with Gasteiger partial charge >= 0.3 is 5.97 Å². The highest BCUT2D eigenvalue weighted by Gasteiger charge is 2.39. The molecule has 0 spiro atoms. The predicted molar refractivity (Wildman–Crippen MR) is 64.9 cm³/mol. The zero-order valence-electron chi connectivity index (χ0n) is 11.1. The molecule has 5 heteroatoms. The molecule has 5 nitrogen and oxygen atoms in total. The van der Waals surface area contributed by atoms with E-state index in [1.807, 2.05) is 6.92 Å². The Kier molecular flexibility index (Phi) is 4.22. The average Bonchev–Trinajstić information content (AvgIpc) is 2.83. The van der Waals surface area contributed by atoms with Gasteiger partial charge in [0.2, 0.25) is 5.91 Å². The second-order valence-electron chi connectivity index (χ2n) is 5.04. The monoisotopic (exact) mass is 255 g/mol. The second-order valence-corrected chi connectivity index (χ2v) is 5.04. The third-order valence-corrected chi connectivity index (χ3v) is 3.95. The van der Waals surface area contributed by atoms with Crippen molar-refractivity contribution in [3.63, 3.8) is 0 Å². The normalized spacial score (nSPS) is 32.3. The van der Waals surface area contributed by atoms with Crippen molar-refractivity contribution in [1.29, 1.82) is 0 Å². The number of nitrogens with zero attached hydrogens (tertiary/aromatic N) is 1. The summed E-state index contributed by atoms with van der Waals surface area (Å²) in [5, 5.41) is 0. The highest BCUT2D eigenvalue weighted by atomic mass is 16.5. The Balaban J connectivity index is 2.08. The van der Waals surface area contributed by atoms with E-state index in [1.165, 1.54) is 7.11 Å². The molecule has 2 aliphatic heterocycles. The Morgan fingerprint density at radius 2 is 2.06 bits per heavy atom. The van der Waals surface area contributed by atoms with Crippen LogP contribution in [0.4, 0.5) is 0 Å². The summed E-state index contributed by atoms with van der Waals surface area (Å²) in [5.74, 6) is -0.347. The Morgan fingerprint density at radius 3 is 2.67 bits per heavy atom. The number of methoxy groups -OCH3 is 1. The van der Waals surface area contributed by atoms with Crippen LogP contribution >= 0.6 is 0 Å². The molecule has 0 aliphatic carbocycles. The molecular formula is C13H21NO4. The molecule has 2 fully saturated rings. The van der Waals surface area contributed by atoms with Crippen LogP contribution in [-0.2, 0) is 19.1 Å². The van der Waals surface area contributed by atoms with E-state index in [2.05, 4.69) is 0 Å². The quantitative estimate of drug-likeness (QED) is 0.690. The number of esters is 1. The number of likely N-dealkylation sites (tertiary alicyclic amines) is 1. The van der Waals surface area contributed by atoms with Gasteiger partial charge in [0, 0.05) is 13.2 Å². The first-order valence-corrected chi connectivity index (χ1v) is 6.65. The molecule has 0 aromatic heterocycles. The van der Waals surface area contributed by atoms with Crippen LogP contribution in [-0.4, -0.2) is 49.2 Å². The van der Waals surface area contributed by atoms with Crippen LogP contribution in [0.25, 0.3) is 0 Å². The van der Waals surface area contributed by atoms with E-state index in [4.69, 9.17) is 9.47 Å².